The third-order valence-corrected chi connectivity index (χ3v) is 3.92. The van der Waals surface area contributed by atoms with E-state index in [0.29, 0.717) is 12.3 Å². The van der Waals surface area contributed by atoms with Crippen LogP contribution in [-0.2, 0) is 14.3 Å². The van der Waals surface area contributed by atoms with Crippen LogP contribution in [0.15, 0.2) is 48.5 Å². The van der Waals surface area contributed by atoms with Gasteiger partial charge in [-0.2, -0.15) is 0 Å². The summed E-state index contributed by atoms with van der Waals surface area (Å²) in [5.41, 5.74) is 3.54. The molecule has 0 aliphatic rings. The Kier molecular flexibility index (Phi) is 7.17. The molecule has 0 bridgehead atoms. The molecule has 142 valence electrons. The molecule has 2 rings (SSSR count). The standard InChI is InChI=1S/C22H25NO4/c1-5-26-19-11-8-18(9-12-19)10-13-21(24)27-17(4)22(25)23-20-14-15(2)6-7-16(20)3/h6-14,17H,5H2,1-4H3,(H,23,25)/b13-10+/t17-/m0/s1. The number of esters is 1. The van der Waals surface area contributed by atoms with Crippen molar-refractivity contribution in [1.82, 2.24) is 0 Å². The summed E-state index contributed by atoms with van der Waals surface area (Å²) in [6, 6.07) is 13.1. The monoisotopic (exact) mass is 367 g/mol. The Morgan fingerprint density at radius 2 is 1.81 bits per heavy atom. The highest BCUT2D eigenvalue weighted by atomic mass is 16.5. The van der Waals surface area contributed by atoms with Gasteiger partial charge in [0.15, 0.2) is 6.10 Å². The Bertz CT molecular complexity index is 825. The van der Waals surface area contributed by atoms with Gasteiger partial charge in [0, 0.05) is 11.8 Å². The van der Waals surface area contributed by atoms with Crippen LogP contribution in [0.1, 0.15) is 30.5 Å². The molecular formula is C22H25NO4. The minimum atomic E-state index is -0.901. The highest BCUT2D eigenvalue weighted by Crippen LogP contribution is 2.17. The molecule has 2 aromatic carbocycles. The summed E-state index contributed by atoms with van der Waals surface area (Å²) >= 11 is 0. The second-order valence-electron chi connectivity index (χ2n) is 6.22. The molecule has 0 aliphatic carbocycles. The van der Waals surface area contributed by atoms with Crippen molar-refractivity contribution in [2.24, 2.45) is 0 Å². The number of hydrogen-bond donors (Lipinski definition) is 1. The van der Waals surface area contributed by atoms with Gasteiger partial charge < -0.3 is 14.8 Å². The SMILES string of the molecule is CCOc1ccc(/C=C/C(=O)O[C@@H](C)C(=O)Nc2cc(C)ccc2C)cc1. The smallest absolute Gasteiger partial charge is 0.331 e. The van der Waals surface area contributed by atoms with E-state index in [1.54, 1.807) is 13.0 Å². The minimum absolute atomic E-state index is 0.369. The van der Waals surface area contributed by atoms with E-state index in [0.717, 1.165) is 22.4 Å². The fraction of sp³-hybridized carbons (Fsp3) is 0.273. The second-order valence-corrected chi connectivity index (χ2v) is 6.22. The molecule has 1 amide bonds. The molecule has 2 aromatic rings. The number of rotatable bonds is 7. The van der Waals surface area contributed by atoms with Gasteiger partial charge in [-0.1, -0.05) is 24.3 Å². The van der Waals surface area contributed by atoms with Crippen LogP contribution in [-0.4, -0.2) is 24.6 Å². The fourth-order valence-corrected chi connectivity index (χ4v) is 2.38. The Morgan fingerprint density at radius 1 is 1.11 bits per heavy atom. The molecule has 5 heteroatoms. The number of benzene rings is 2. The van der Waals surface area contributed by atoms with Crippen molar-refractivity contribution in [3.8, 4) is 5.75 Å². The van der Waals surface area contributed by atoms with E-state index in [1.165, 1.54) is 6.08 Å². The number of carbonyl (C=O) groups excluding carboxylic acids is 2. The van der Waals surface area contributed by atoms with Crippen LogP contribution < -0.4 is 10.1 Å². The highest BCUT2D eigenvalue weighted by molar-refractivity contribution is 5.97. The summed E-state index contributed by atoms with van der Waals surface area (Å²) in [6.07, 6.45) is 2.03. The summed E-state index contributed by atoms with van der Waals surface area (Å²) in [5.74, 6) is -0.173. The number of carbonyl (C=O) groups is 2. The lowest BCUT2D eigenvalue weighted by Gasteiger charge is -2.14. The molecule has 0 heterocycles. The van der Waals surface area contributed by atoms with Crippen molar-refractivity contribution >= 4 is 23.6 Å². The van der Waals surface area contributed by atoms with Crippen LogP contribution in [0.5, 0.6) is 5.75 Å². The number of nitrogens with one attached hydrogen (secondary N) is 1. The van der Waals surface area contributed by atoms with Gasteiger partial charge in [-0.25, -0.2) is 4.79 Å². The maximum absolute atomic E-state index is 12.3. The van der Waals surface area contributed by atoms with E-state index in [9.17, 15) is 9.59 Å². The van der Waals surface area contributed by atoms with Gasteiger partial charge in [0.25, 0.3) is 5.91 Å². The molecule has 5 nitrogen and oxygen atoms in total. The molecular weight excluding hydrogens is 342 g/mol. The zero-order valence-corrected chi connectivity index (χ0v) is 16.1. The summed E-state index contributed by atoms with van der Waals surface area (Å²) in [7, 11) is 0. The van der Waals surface area contributed by atoms with Gasteiger partial charge in [0.2, 0.25) is 0 Å². The van der Waals surface area contributed by atoms with Gasteiger partial charge in [0.05, 0.1) is 6.61 Å². The van der Waals surface area contributed by atoms with Gasteiger partial charge in [0.1, 0.15) is 5.75 Å². The van der Waals surface area contributed by atoms with Crippen molar-refractivity contribution in [2.45, 2.75) is 33.8 Å². The third-order valence-electron chi connectivity index (χ3n) is 3.92. The van der Waals surface area contributed by atoms with Gasteiger partial charge >= 0.3 is 5.97 Å². The van der Waals surface area contributed by atoms with E-state index in [-0.39, 0.29) is 5.91 Å². The predicted octanol–water partition coefficient (Wildman–Crippen LogP) is 4.29. The molecule has 0 fully saturated rings. The predicted molar refractivity (Wildman–Crippen MR) is 107 cm³/mol. The molecule has 0 unspecified atom stereocenters. The summed E-state index contributed by atoms with van der Waals surface area (Å²) in [5, 5.41) is 2.79. The van der Waals surface area contributed by atoms with Crippen molar-refractivity contribution in [1.29, 1.82) is 0 Å². The average molecular weight is 367 g/mol. The molecule has 1 N–H and O–H groups in total. The number of hydrogen-bond acceptors (Lipinski definition) is 4. The van der Waals surface area contributed by atoms with Crippen LogP contribution >= 0.6 is 0 Å². The molecule has 0 saturated heterocycles. The fourth-order valence-electron chi connectivity index (χ4n) is 2.38. The van der Waals surface area contributed by atoms with Crippen molar-refractivity contribution in [3.63, 3.8) is 0 Å². The molecule has 0 saturated carbocycles. The summed E-state index contributed by atoms with van der Waals surface area (Å²) in [4.78, 5) is 24.2. The number of ether oxygens (including phenoxy) is 2. The Hall–Kier alpha value is -3.08. The van der Waals surface area contributed by atoms with Crippen molar-refractivity contribution in [2.75, 3.05) is 11.9 Å². The minimum Gasteiger partial charge on any atom is -0.494 e. The normalized spacial score (nSPS) is 11.9. The first-order valence-electron chi connectivity index (χ1n) is 8.88. The van der Waals surface area contributed by atoms with Crippen LogP contribution in [0.3, 0.4) is 0 Å². The molecule has 0 aliphatic heterocycles. The van der Waals surface area contributed by atoms with Gasteiger partial charge in [-0.3, -0.25) is 4.79 Å². The highest BCUT2D eigenvalue weighted by Gasteiger charge is 2.17. The van der Waals surface area contributed by atoms with Gasteiger partial charge in [-0.05, 0) is 68.7 Å². The molecule has 0 spiro atoms. The van der Waals surface area contributed by atoms with E-state index < -0.39 is 12.1 Å². The first-order chi connectivity index (χ1) is 12.9. The first-order valence-corrected chi connectivity index (χ1v) is 8.88. The zero-order valence-electron chi connectivity index (χ0n) is 16.1. The van der Waals surface area contributed by atoms with E-state index in [4.69, 9.17) is 9.47 Å². The average Bonchev–Trinajstić information content (AvgIpc) is 2.64. The molecule has 0 aromatic heterocycles. The van der Waals surface area contributed by atoms with Gasteiger partial charge in [-0.15, -0.1) is 0 Å². The van der Waals surface area contributed by atoms with Crippen LogP contribution in [0.2, 0.25) is 0 Å². The molecule has 1 atom stereocenters. The van der Waals surface area contributed by atoms with E-state index in [2.05, 4.69) is 5.32 Å². The largest absolute Gasteiger partial charge is 0.494 e. The topological polar surface area (TPSA) is 64.6 Å². The van der Waals surface area contributed by atoms with Crippen LogP contribution in [0.4, 0.5) is 5.69 Å². The zero-order chi connectivity index (χ0) is 19.8. The first kappa shape index (κ1) is 20.2. The number of aryl methyl sites for hydroxylation is 2. The maximum atomic E-state index is 12.3. The maximum Gasteiger partial charge on any atom is 0.331 e. The summed E-state index contributed by atoms with van der Waals surface area (Å²) < 4.78 is 10.5. The Balaban J connectivity index is 1.90. The van der Waals surface area contributed by atoms with Crippen molar-refractivity contribution < 1.29 is 19.1 Å². The Morgan fingerprint density at radius 3 is 2.48 bits per heavy atom. The lowest BCUT2D eigenvalue weighted by molar-refractivity contribution is -0.148. The van der Waals surface area contributed by atoms with E-state index in [1.807, 2.05) is 63.2 Å². The Labute approximate surface area is 160 Å². The number of anilines is 1. The third kappa shape index (κ3) is 6.29. The van der Waals surface area contributed by atoms with Crippen molar-refractivity contribution in [3.05, 3.63) is 65.2 Å². The number of amides is 1. The summed E-state index contributed by atoms with van der Waals surface area (Å²) in [6.45, 7) is 7.92. The lowest BCUT2D eigenvalue weighted by Crippen LogP contribution is -2.29. The molecule has 0 radical (unpaired) electrons. The van der Waals surface area contributed by atoms with Crippen LogP contribution in [0.25, 0.3) is 6.08 Å². The molecule has 27 heavy (non-hydrogen) atoms. The van der Waals surface area contributed by atoms with E-state index >= 15 is 0 Å². The lowest BCUT2D eigenvalue weighted by atomic mass is 10.1. The van der Waals surface area contributed by atoms with Crippen LogP contribution in [0, 0.1) is 13.8 Å². The second kappa shape index (κ2) is 9.57. The quantitative estimate of drug-likeness (QED) is 0.586.